The Labute approximate surface area is 210 Å². The molecule has 37 heavy (non-hydrogen) atoms. The van der Waals surface area contributed by atoms with Crippen LogP contribution in [0.3, 0.4) is 0 Å². The number of hydrogen-bond donors (Lipinski definition) is 1. The third-order valence-electron chi connectivity index (χ3n) is 5.82. The van der Waals surface area contributed by atoms with Gasteiger partial charge in [-0.1, -0.05) is 13.0 Å². The lowest BCUT2D eigenvalue weighted by atomic mass is 10.0. The van der Waals surface area contributed by atoms with E-state index in [4.69, 9.17) is 5.26 Å². The molecule has 0 radical (unpaired) electrons. The van der Waals surface area contributed by atoms with E-state index >= 15 is 0 Å². The number of alkyl halides is 3. The van der Waals surface area contributed by atoms with Crippen molar-refractivity contribution in [3.63, 3.8) is 0 Å². The fraction of sp³-hybridized carbons (Fsp3) is 0.185. The van der Waals surface area contributed by atoms with E-state index in [0.29, 0.717) is 41.2 Å². The van der Waals surface area contributed by atoms with Crippen molar-refractivity contribution in [1.29, 1.82) is 5.26 Å². The van der Waals surface area contributed by atoms with Crippen molar-refractivity contribution in [2.75, 3.05) is 6.54 Å². The van der Waals surface area contributed by atoms with Gasteiger partial charge in [0, 0.05) is 23.5 Å². The summed E-state index contributed by atoms with van der Waals surface area (Å²) in [4.78, 5) is 26.4. The van der Waals surface area contributed by atoms with E-state index in [1.807, 2.05) is 13.0 Å². The van der Waals surface area contributed by atoms with E-state index in [1.165, 1.54) is 24.4 Å². The fourth-order valence-electron chi connectivity index (χ4n) is 3.98. The van der Waals surface area contributed by atoms with Crippen molar-refractivity contribution in [2.45, 2.75) is 26.4 Å². The molecule has 2 aromatic carbocycles. The van der Waals surface area contributed by atoms with E-state index in [2.05, 4.69) is 10.4 Å². The molecule has 0 fully saturated rings. The molecule has 1 N–H and O–H groups in total. The zero-order valence-corrected chi connectivity index (χ0v) is 20.0. The number of carbonyl (C=O) groups excluding carboxylic acids is 1. The van der Waals surface area contributed by atoms with Crippen LogP contribution in [0.2, 0.25) is 0 Å². The molecule has 2 heterocycles. The molecule has 4 aromatic rings. The van der Waals surface area contributed by atoms with Crippen LogP contribution in [0.5, 0.6) is 0 Å². The molecule has 0 aliphatic heterocycles. The third-order valence-corrected chi connectivity index (χ3v) is 5.82. The predicted molar refractivity (Wildman–Crippen MR) is 132 cm³/mol. The summed E-state index contributed by atoms with van der Waals surface area (Å²) in [6, 6.07) is 16.2. The second-order valence-corrected chi connectivity index (χ2v) is 8.29. The molecule has 188 valence electrons. The Kier molecular flexibility index (Phi) is 6.98. The van der Waals surface area contributed by atoms with E-state index in [0.717, 1.165) is 16.7 Å². The molecule has 2 aromatic heterocycles. The van der Waals surface area contributed by atoms with Crippen molar-refractivity contribution in [2.24, 2.45) is 0 Å². The first-order valence-corrected chi connectivity index (χ1v) is 11.4. The maximum Gasteiger partial charge on any atom is 0.416 e. The number of nitriles is 1. The van der Waals surface area contributed by atoms with Gasteiger partial charge in [-0.3, -0.25) is 14.2 Å². The highest BCUT2D eigenvalue weighted by atomic mass is 19.4. The van der Waals surface area contributed by atoms with Gasteiger partial charge in [-0.25, -0.2) is 4.68 Å². The normalized spacial score (nSPS) is 11.2. The van der Waals surface area contributed by atoms with Crippen molar-refractivity contribution >= 4 is 5.91 Å². The van der Waals surface area contributed by atoms with Gasteiger partial charge in [0.25, 0.3) is 11.5 Å². The molecule has 4 rings (SSSR count). The molecule has 0 aliphatic rings. The summed E-state index contributed by atoms with van der Waals surface area (Å²) >= 11 is 0. The lowest BCUT2D eigenvalue weighted by molar-refractivity contribution is -0.137. The fourth-order valence-corrected chi connectivity index (χ4v) is 3.98. The monoisotopic (exact) mass is 505 g/mol. The van der Waals surface area contributed by atoms with Crippen LogP contribution in [0, 0.1) is 18.3 Å². The highest BCUT2D eigenvalue weighted by Gasteiger charge is 2.31. The van der Waals surface area contributed by atoms with Gasteiger partial charge < -0.3 is 5.32 Å². The first-order chi connectivity index (χ1) is 17.7. The van der Waals surface area contributed by atoms with Crippen LogP contribution in [0.25, 0.3) is 22.6 Å². The summed E-state index contributed by atoms with van der Waals surface area (Å²) in [5.41, 5.74) is 0.459. The van der Waals surface area contributed by atoms with E-state index in [1.54, 1.807) is 41.9 Å². The van der Waals surface area contributed by atoms with Crippen molar-refractivity contribution in [3.8, 4) is 28.7 Å². The highest BCUT2D eigenvalue weighted by Crippen LogP contribution is 2.32. The van der Waals surface area contributed by atoms with E-state index in [-0.39, 0.29) is 11.3 Å². The number of hydrogen-bond acceptors (Lipinski definition) is 4. The first kappa shape index (κ1) is 25.4. The smallest absolute Gasteiger partial charge is 0.352 e. The molecule has 1 amide bonds. The summed E-state index contributed by atoms with van der Waals surface area (Å²) in [5, 5.41) is 16.1. The van der Waals surface area contributed by atoms with Gasteiger partial charge in [0.1, 0.15) is 5.56 Å². The molecule has 10 heteroatoms. The van der Waals surface area contributed by atoms with Gasteiger partial charge in [-0.15, -0.1) is 0 Å². The number of carbonyl (C=O) groups is 1. The molecule has 0 spiro atoms. The second kappa shape index (κ2) is 10.1. The largest absolute Gasteiger partial charge is 0.416 e. The Morgan fingerprint density at radius 2 is 1.81 bits per heavy atom. The van der Waals surface area contributed by atoms with Crippen LogP contribution in [0.1, 0.15) is 40.5 Å². The lowest BCUT2D eigenvalue weighted by Crippen LogP contribution is -2.34. The molecule has 0 saturated carbocycles. The van der Waals surface area contributed by atoms with Crippen molar-refractivity contribution < 1.29 is 18.0 Å². The minimum Gasteiger partial charge on any atom is -0.352 e. The minimum atomic E-state index is -4.61. The standard InChI is InChI=1S/C27H22F3N5O2/c1-3-12-32-25(36)23-15-22(24-11-13-33-35(24)20-9-7-18(16-31)8-10-20)17(2)34(26(23)37)21-6-4-5-19(14-21)27(28,29)30/h4-11,13-15H,3,12H2,1-2H3,(H,32,36). The number of nitrogens with zero attached hydrogens (tertiary/aromatic N) is 4. The number of rotatable bonds is 6. The van der Waals surface area contributed by atoms with Gasteiger partial charge >= 0.3 is 6.18 Å². The number of amides is 1. The number of halogens is 3. The summed E-state index contributed by atoms with van der Waals surface area (Å²) in [6.45, 7) is 3.78. The van der Waals surface area contributed by atoms with Crippen LogP contribution in [-0.4, -0.2) is 26.8 Å². The zero-order valence-electron chi connectivity index (χ0n) is 20.0. The van der Waals surface area contributed by atoms with Crippen LogP contribution < -0.4 is 10.9 Å². The van der Waals surface area contributed by atoms with E-state index < -0.39 is 23.2 Å². The van der Waals surface area contributed by atoms with Gasteiger partial charge in [-0.2, -0.15) is 23.5 Å². The Morgan fingerprint density at radius 1 is 1.08 bits per heavy atom. The van der Waals surface area contributed by atoms with Crippen LogP contribution in [0.15, 0.2) is 71.7 Å². The Balaban J connectivity index is 1.97. The molecule has 7 nitrogen and oxygen atoms in total. The summed E-state index contributed by atoms with van der Waals surface area (Å²) in [5.74, 6) is -0.627. The number of nitrogens with one attached hydrogen (secondary N) is 1. The third kappa shape index (κ3) is 5.02. The average molecular weight is 506 g/mol. The maximum atomic E-state index is 13.5. The predicted octanol–water partition coefficient (Wildman–Crippen LogP) is 5.03. The Hall–Kier alpha value is -4.65. The Morgan fingerprint density at radius 3 is 2.46 bits per heavy atom. The Bertz CT molecular complexity index is 1560. The molecule has 0 atom stereocenters. The summed E-state index contributed by atoms with van der Waals surface area (Å²) in [6.07, 6.45) is -2.44. The van der Waals surface area contributed by atoms with Gasteiger partial charge in [0.15, 0.2) is 0 Å². The molecule has 0 bridgehead atoms. The zero-order chi connectivity index (χ0) is 26.7. The van der Waals surface area contributed by atoms with Gasteiger partial charge in [0.2, 0.25) is 0 Å². The SMILES string of the molecule is CCCNC(=O)c1cc(-c2ccnn2-c2ccc(C#N)cc2)c(C)n(-c2cccc(C(F)(F)F)c2)c1=O. The first-order valence-electron chi connectivity index (χ1n) is 11.4. The average Bonchev–Trinajstić information content (AvgIpc) is 3.37. The lowest BCUT2D eigenvalue weighted by Gasteiger charge is -2.18. The topological polar surface area (TPSA) is 92.7 Å². The quantitative estimate of drug-likeness (QED) is 0.398. The molecule has 0 unspecified atom stereocenters. The van der Waals surface area contributed by atoms with E-state index in [9.17, 15) is 22.8 Å². The number of aromatic nitrogens is 3. The summed E-state index contributed by atoms with van der Waals surface area (Å²) in [7, 11) is 0. The number of benzene rings is 2. The second-order valence-electron chi connectivity index (χ2n) is 8.29. The highest BCUT2D eigenvalue weighted by molar-refractivity contribution is 5.95. The maximum absolute atomic E-state index is 13.5. The van der Waals surface area contributed by atoms with Crippen LogP contribution in [-0.2, 0) is 6.18 Å². The molecule has 0 saturated heterocycles. The minimum absolute atomic E-state index is 0.0202. The van der Waals surface area contributed by atoms with Crippen molar-refractivity contribution in [3.05, 3.63) is 99.6 Å². The van der Waals surface area contributed by atoms with Crippen molar-refractivity contribution in [1.82, 2.24) is 19.7 Å². The van der Waals surface area contributed by atoms with Crippen LogP contribution in [0.4, 0.5) is 13.2 Å². The molecular formula is C27H22F3N5O2. The molecular weight excluding hydrogens is 483 g/mol. The van der Waals surface area contributed by atoms with Gasteiger partial charge in [0.05, 0.1) is 34.8 Å². The van der Waals surface area contributed by atoms with Crippen LogP contribution >= 0.6 is 0 Å². The summed E-state index contributed by atoms with van der Waals surface area (Å²) < 4.78 is 43.0. The molecule has 0 aliphatic carbocycles. The van der Waals surface area contributed by atoms with Gasteiger partial charge in [-0.05, 0) is 67.9 Å². The number of pyridine rings is 1.